The molecule has 0 saturated carbocycles. The fourth-order valence-electron chi connectivity index (χ4n) is 2.82. The van der Waals surface area contributed by atoms with Gasteiger partial charge in [-0.2, -0.15) is 0 Å². The van der Waals surface area contributed by atoms with Gasteiger partial charge in [-0.05, 0) is 31.5 Å². The number of hydrogen-bond donors (Lipinski definition) is 1. The molecule has 2 rings (SSSR count). The number of benzene rings is 1. The Kier molecular flexibility index (Phi) is 5.60. The van der Waals surface area contributed by atoms with Gasteiger partial charge >= 0.3 is 0 Å². The van der Waals surface area contributed by atoms with E-state index in [-0.39, 0.29) is 30.2 Å². The molecule has 0 unspecified atom stereocenters. The van der Waals surface area contributed by atoms with Gasteiger partial charge in [-0.25, -0.2) is 0 Å². The smallest absolute Gasteiger partial charge is 0.229 e. The van der Waals surface area contributed by atoms with Gasteiger partial charge in [-0.15, -0.1) is 0 Å². The summed E-state index contributed by atoms with van der Waals surface area (Å²) in [5.74, 6) is 0.0881. The SMILES string of the molecule is COC[C@@H](C)N1C[C@H](C(=O)Nc2cc(C)ccc2OC)CC1=O. The number of anilines is 1. The van der Waals surface area contributed by atoms with Crippen LogP contribution in [-0.2, 0) is 14.3 Å². The summed E-state index contributed by atoms with van der Waals surface area (Å²) in [7, 11) is 3.17. The molecule has 0 radical (unpaired) electrons. The molecule has 0 aromatic heterocycles. The van der Waals surface area contributed by atoms with Crippen molar-refractivity contribution >= 4 is 17.5 Å². The largest absolute Gasteiger partial charge is 0.495 e. The Morgan fingerprint density at radius 2 is 2.17 bits per heavy atom. The van der Waals surface area contributed by atoms with Crippen molar-refractivity contribution in [3.8, 4) is 5.75 Å². The molecule has 2 atom stereocenters. The lowest BCUT2D eigenvalue weighted by molar-refractivity contribution is -0.130. The molecule has 0 spiro atoms. The Morgan fingerprint density at radius 3 is 2.83 bits per heavy atom. The number of nitrogens with zero attached hydrogens (tertiary/aromatic N) is 1. The van der Waals surface area contributed by atoms with E-state index in [1.807, 2.05) is 32.0 Å². The van der Waals surface area contributed by atoms with Crippen LogP contribution in [0, 0.1) is 12.8 Å². The fourth-order valence-corrected chi connectivity index (χ4v) is 2.82. The summed E-state index contributed by atoms with van der Waals surface area (Å²) in [5.41, 5.74) is 1.66. The molecule has 1 saturated heterocycles. The Balaban J connectivity index is 2.05. The van der Waals surface area contributed by atoms with Gasteiger partial charge in [-0.1, -0.05) is 6.07 Å². The predicted octanol–water partition coefficient (Wildman–Crippen LogP) is 1.83. The quantitative estimate of drug-likeness (QED) is 0.868. The van der Waals surface area contributed by atoms with E-state index >= 15 is 0 Å². The molecule has 1 aromatic carbocycles. The van der Waals surface area contributed by atoms with Gasteiger partial charge in [0.25, 0.3) is 0 Å². The van der Waals surface area contributed by atoms with E-state index in [0.29, 0.717) is 24.6 Å². The Labute approximate surface area is 136 Å². The molecular weight excluding hydrogens is 296 g/mol. The van der Waals surface area contributed by atoms with Crippen molar-refractivity contribution in [3.05, 3.63) is 23.8 Å². The number of ether oxygens (including phenoxy) is 2. The van der Waals surface area contributed by atoms with Crippen LogP contribution in [-0.4, -0.2) is 50.1 Å². The molecule has 1 aliphatic rings. The molecule has 0 aliphatic carbocycles. The Bertz CT molecular complexity index is 588. The van der Waals surface area contributed by atoms with Gasteiger partial charge in [-0.3, -0.25) is 9.59 Å². The predicted molar refractivity (Wildman–Crippen MR) is 87.5 cm³/mol. The van der Waals surface area contributed by atoms with Crippen LogP contribution in [0.25, 0.3) is 0 Å². The minimum Gasteiger partial charge on any atom is -0.495 e. The molecular formula is C17H24N2O4. The van der Waals surface area contributed by atoms with E-state index in [1.165, 1.54) is 0 Å². The number of hydrogen-bond acceptors (Lipinski definition) is 4. The van der Waals surface area contributed by atoms with Gasteiger partial charge in [0.1, 0.15) is 5.75 Å². The average Bonchev–Trinajstić information content (AvgIpc) is 2.90. The normalized spacial score (nSPS) is 18.9. The molecule has 1 aromatic rings. The summed E-state index contributed by atoms with van der Waals surface area (Å²) in [6.07, 6.45) is 0.230. The summed E-state index contributed by atoms with van der Waals surface area (Å²) in [5, 5.41) is 2.88. The zero-order valence-corrected chi connectivity index (χ0v) is 14.1. The molecule has 1 heterocycles. The number of methoxy groups -OCH3 is 2. The number of aryl methyl sites for hydroxylation is 1. The molecule has 1 aliphatic heterocycles. The lowest BCUT2D eigenvalue weighted by atomic mass is 10.1. The van der Waals surface area contributed by atoms with E-state index in [4.69, 9.17) is 9.47 Å². The summed E-state index contributed by atoms with van der Waals surface area (Å²) >= 11 is 0. The Morgan fingerprint density at radius 1 is 1.43 bits per heavy atom. The third kappa shape index (κ3) is 4.01. The molecule has 6 nitrogen and oxygen atoms in total. The number of carbonyl (C=O) groups excluding carboxylic acids is 2. The van der Waals surface area contributed by atoms with Crippen molar-refractivity contribution in [3.63, 3.8) is 0 Å². The minimum atomic E-state index is -0.355. The molecule has 2 amide bonds. The van der Waals surface area contributed by atoms with Gasteiger partial charge in [0.05, 0.1) is 31.4 Å². The molecule has 1 fully saturated rings. The third-order valence-corrected chi connectivity index (χ3v) is 4.08. The summed E-state index contributed by atoms with van der Waals surface area (Å²) in [6.45, 7) is 4.75. The monoisotopic (exact) mass is 320 g/mol. The maximum atomic E-state index is 12.5. The van der Waals surface area contributed by atoms with E-state index < -0.39 is 0 Å². The second-order valence-corrected chi connectivity index (χ2v) is 5.94. The maximum Gasteiger partial charge on any atom is 0.229 e. The standard InChI is InChI=1S/C17H24N2O4/c1-11-5-6-15(23-4)14(7-11)18-17(21)13-8-16(20)19(9-13)12(2)10-22-3/h5-7,12-13H,8-10H2,1-4H3,(H,18,21)/t12-,13-/m1/s1. The number of likely N-dealkylation sites (tertiary alicyclic amines) is 1. The topological polar surface area (TPSA) is 67.9 Å². The van der Waals surface area contributed by atoms with E-state index in [0.717, 1.165) is 5.56 Å². The molecule has 6 heteroatoms. The van der Waals surface area contributed by atoms with Crippen molar-refractivity contribution in [2.45, 2.75) is 26.3 Å². The van der Waals surface area contributed by atoms with E-state index in [1.54, 1.807) is 19.1 Å². The highest BCUT2D eigenvalue weighted by Crippen LogP contribution is 2.27. The van der Waals surface area contributed by atoms with Crippen molar-refractivity contribution in [1.82, 2.24) is 4.90 Å². The molecule has 126 valence electrons. The lowest BCUT2D eigenvalue weighted by Gasteiger charge is -2.24. The fraction of sp³-hybridized carbons (Fsp3) is 0.529. The number of amides is 2. The van der Waals surface area contributed by atoms with Crippen LogP contribution in [0.3, 0.4) is 0 Å². The van der Waals surface area contributed by atoms with Crippen molar-refractivity contribution < 1.29 is 19.1 Å². The highest BCUT2D eigenvalue weighted by Gasteiger charge is 2.36. The van der Waals surface area contributed by atoms with E-state index in [9.17, 15) is 9.59 Å². The van der Waals surface area contributed by atoms with Crippen LogP contribution in [0.1, 0.15) is 18.9 Å². The molecule has 23 heavy (non-hydrogen) atoms. The number of carbonyl (C=O) groups is 2. The van der Waals surface area contributed by atoms with Crippen LogP contribution in [0.15, 0.2) is 18.2 Å². The van der Waals surface area contributed by atoms with Crippen LogP contribution >= 0.6 is 0 Å². The highest BCUT2D eigenvalue weighted by molar-refractivity contribution is 5.98. The second kappa shape index (κ2) is 7.46. The minimum absolute atomic E-state index is 0.00842. The number of nitrogens with one attached hydrogen (secondary N) is 1. The van der Waals surface area contributed by atoms with Crippen LogP contribution in [0.2, 0.25) is 0 Å². The first kappa shape index (κ1) is 17.3. The number of rotatable bonds is 6. The highest BCUT2D eigenvalue weighted by atomic mass is 16.5. The third-order valence-electron chi connectivity index (χ3n) is 4.08. The second-order valence-electron chi connectivity index (χ2n) is 5.94. The van der Waals surface area contributed by atoms with Crippen LogP contribution < -0.4 is 10.1 Å². The zero-order valence-electron chi connectivity index (χ0n) is 14.1. The first-order valence-corrected chi connectivity index (χ1v) is 7.70. The first-order chi connectivity index (χ1) is 11.0. The van der Waals surface area contributed by atoms with Gasteiger partial charge in [0.15, 0.2) is 0 Å². The van der Waals surface area contributed by atoms with Gasteiger partial charge < -0.3 is 19.7 Å². The van der Waals surface area contributed by atoms with Crippen LogP contribution in [0.4, 0.5) is 5.69 Å². The average molecular weight is 320 g/mol. The first-order valence-electron chi connectivity index (χ1n) is 7.70. The summed E-state index contributed by atoms with van der Waals surface area (Å²) in [6, 6.07) is 5.57. The molecule has 1 N–H and O–H groups in total. The van der Waals surface area contributed by atoms with Crippen molar-refractivity contribution in [1.29, 1.82) is 0 Å². The molecule has 0 bridgehead atoms. The summed E-state index contributed by atoms with van der Waals surface area (Å²) < 4.78 is 10.4. The maximum absolute atomic E-state index is 12.5. The Hall–Kier alpha value is -2.08. The summed E-state index contributed by atoms with van der Waals surface area (Å²) in [4.78, 5) is 26.3. The van der Waals surface area contributed by atoms with Crippen molar-refractivity contribution in [2.75, 3.05) is 32.7 Å². The lowest BCUT2D eigenvalue weighted by Crippen LogP contribution is -2.38. The zero-order chi connectivity index (χ0) is 17.0. The van der Waals surface area contributed by atoms with Crippen LogP contribution in [0.5, 0.6) is 5.75 Å². The van der Waals surface area contributed by atoms with Gasteiger partial charge in [0, 0.05) is 20.1 Å². The van der Waals surface area contributed by atoms with Gasteiger partial charge in [0.2, 0.25) is 11.8 Å². The van der Waals surface area contributed by atoms with E-state index in [2.05, 4.69) is 5.32 Å². The van der Waals surface area contributed by atoms with Crippen molar-refractivity contribution in [2.24, 2.45) is 5.92 Å².